The molecule has 1 aromatic carbocycles. The van der Waals surface area contributed by atoms with Gasteiger partial charge in [0.1, 0.15) is 22.0 Å². The number of methoxy groups -OCH3 is 1. The van der Waals surface area contributed by atoms with E-state index < -0.39 is 10.0 Å². The maximum atomic E-state index is 12.3. The Morgan fingerprint density at radius 1 is 1.32 bits per heavy atom. The predicted octanol–water partition coefficient (Wildman–Crippen LogP) is 1.41. The number of hydrogen-bond donors (Lipinski definition) is 1. The van der Waals surface area contributed by atoms with Gasteiger partial charge in [0.15, 0.2) is 0 Å². The lowest BCUT2D eigenvalue weighted by Gasteiger charge is -2.11. The molecule has 2 N–H and O–H groups in total. The fraction of sp³-hybridized carbons (Fsp3) is 0.111. The average molecular weight is 323 g/mol. The zero-order chi connectivity index (χ0) is 14.2. The van der Waals surface area contributed by atoms with Gasteiger partial charge in [-0.15, -0.1) is 10.2 Å². The van der Waals surface area contributed by atoms with Gasteiger partial charge in [0.05, 0.1) is 12.1 Å². The summed E-state index contributed by atoms with van der Waals surface area (Å²) in [4.78, 5) is -0.216. The van der Waals surface area contributed by atoms with Crippen LogP contribution in [0.15, 0.2) is 23.4 Å². The van der Waals surface area contributed by atoms with Crippen LogP contribution in [0.2, 0.25) is 10.0 Å². The summed E-state index contributed by atoms with van der Waals surface area (Å²) in [5, 5.41) is 6.65. The number of nitrogen functional groups attached to an aromatic ring is 1. The van der Waals surface area contributed by atoms with E-state index in [-0.39, 0.29) is 26.6 Å². The summed E-state index contributed by atoms with van der Waals surface area (Å²) < 4.78 is 30.3. The molecule has 1 heterocycles. The average Bonchev–Trinajstić information content (AvgIpc) is 2.79. The molecule has 0 atom stereocenters. The summed E-state index contributed by atoms with van der Waals surface area (Å²) in [6.07, 6.45) is 0.971. The summed E-state index contributed by atoms with van der Waals surface area (Å²) in [5.41, 5.74) is 5.42. The van der Waals surface area contributed by atoms with Gasteiger partial charge >= 0.3 is 0 Å². The molecule has 0 aliphatic rings. The molecule has 2 rings (SSSR count). The van der Waals surface area contributed by atoms with Crippen LogP contribution in [0, 0.1) is 0 Å². The van der Waals surface area contributed by atoms with E-state index in [4.69, 9.17) is 33.7 Å². The standard InChI is InChI=1S/C9H8Cl2N4O3S/c1-18-5-2-3-6(8(11)7(5)10)19(16,17)15-4-13-14-9(15)12/h2-4H,1H3,(H2,12,14). The molecule has 19 heavy (non-hydrogen) atoms. The molecule has 2 aromatic rings. The Balaban J connectivity index is 2.67. The Kier molecular flexibility index (Phi) is 3.57. The van der Waals surface area contributed by atoms with E-state index in [9.17, 15) is 8.42 Å². The number of ether oxygens (including phenoxy) is 1. The van der Waals surface area contributed by atoms with Crippen molar-refractivity contribution >= 4 is 39.2 Å². The Bertz CT molecular complexity index is 729. The highest BCUT2D eigenvalue weighted by Crippen LogP contribution is 2.37. The topological polar surface area (TPSA) is 100 Å². The monoisotopic (exact) mass is 322 g/mol. The quantitative estimate of drug-likeness (QED) is 0.917. The molecular weight excluding hydrogens is 315 g/mol. The highest BCUT2D eigenvalue weighted by Gasteiger charge is 2.25. The normalized spacial score (nSPS) is 11.5. The molecule has 102 valence electrons. The first-order chi connectivity index (χ1) is 8.89. The zero-order valence-corrected chi connectivity index (χ0v) is 11.9. The molecule has 0 saturated carbocycles. The number of nitrogens with two attached hydrogens (primary N) is 1. The highest BCUT2D eigenvalue weighted by atomic mass is 35.5. The van der Waals surface area contributed by atoms with E-state index in [1.807, 2.05) is 0 Å². The van der Waals surface area contributed by atoms with Gasteiger partial charge in [0.2, 0.25) is 5.95 Å². The van der Waals surface area contributed by atoms with Crippen molar-refractivity contribution in [3.63, 3.8) is 0 Å². The van der Waals surface area contributed by atoms with Crippen molar-refractivity contribution in [1.29, 1.82) is 0 Å². The van der Waals surface area contributed by atoms with Gasteiger partial charge in [-0.1, -0.05) is 23.2 Å². The van der Waals surface area contributed by atoms with Gasteiger partial charge in [-0.3, -0.25) is 0 Å². The van der Waals surface area contributed by atoms with Crippen molar-refractivity contribution in [2.75, 3.05) is 12.8 Å². The predicted molar refractivity (Wildman–Crippen MR) is 70.0 cm³/mol. The number of nitrogens with zero attached hydrogens (tertiary/aromatic N) is 3. The summed E-state index contributed by atoms with van der Waals surface area (Å²) in [5.74, 6) is -0.00893. The Morgan fingerprint density at radius 2 is 2.00 bits per heavy atom. The lowest BCUT2D eigenvalue weighted by molar-refractivity contribution is 0.414. The second kappa shape index (κ2) is 4.87. The fourth-order valence-electron chi connectivity index (χ4n) is 1.40. The third-order valence-corrected chi connectivity index (χ3v) is 4.98. The fourth-order valence-corrected chi connectivity index (χ4v) is 3.37. The van der Waals surface area contributed by atoms with Crippen molar-refractivity contribution in [3.8, 4) is 5.75 Å². The van der Waals surface area contributed by atoms with E-state index in [1.54, 1.807) is 0 Å². The number of aromatic nitrogens is 3. The van der Waals surface area contributed by atoms with Crippen molar-refractivity contribution in [3.05, 3.63) is 28.5 Å². The van der Waals surface area contributed by atoms with E-state index in [0.717, 1.165) is 6.33 Å². The van der Waals surface area contributed by atoms with Gasteiger partial charge in [0.25, 0.3) is 10.0 Å². The van der Waals surface area contributed by atoms with Crippen LogP contribution in [-0.4, -0.2) is 29.7 Å². The van der Waals surface area contributed by atoms with Crippen LogP contribution in [0.1, 0.15) is 0 Å². The van der Waals surface area contributed by atoms with Crippen LogP contribution < -0.4 is 10.5 Å². The number of halogens is 2. The second-order valence-corrected chi connectivity index (χ2v) is 5.92. The molecule has 0 fully saturated rings. The largest absolute Gasteiger partial charge is 0.495 e. The van der Waals surface area contributed by atoms with Crippen molar-refractivity contribution in [2.45, 2.75) is 4.90 Å². The minimum Gasteiger partial charge on any atom is -0.495 e. The summed E-state index contributed by atoms with van der Waals surface area (Å²) >= 11 is 11.9. The molecule has 0 bridgehead atoms. The number of rotatable bonds is 3. The number of benzene rings is 1. The van der Waals surface area contributed by atoms with Crippen molar-refractivity contribution in [2.24, 2.45) is 0 Å². The van der Waals surface area contributed by atoms with E-state index in [2.05, 4.69) is 10.2 Å². The number of anilines is 1. The summed E-state index contributed by atoms with van der Waals surface area (Å²) in [6.45, 7) is 0. The molecule has 10 heteroatoms. The molecule has 0 unspecified atom stereocenters. The third kappa shape index (κ3) is 2.22. The molecule has 0 spiro atoms. The lowest BCUT2D eigenvalue weighted by Crippen LogP contribution is -2.15. The Morgan fingerprint density at radius 3 is 2.53 bits per heavy atom. The SMILES string of the molecule is COc1ccc(S(=O)(=O)n2cnnc2N)c(Cl)c1Cl. The summed E-state index contributed by atoms with van der Waals surface area (Å²) in [6, 6.07) is 2.66. The molecule has 0 radical (unpaired) electrons. The van der Waals surface area contributed by atoms with E-state index >= 15 is 0 Å². The smallest absolute Gasteiger partial charge is 0.273 e. The summed E-state index contributed by atoms with van der Waals surface area (Å²) in [7, 11) is -2.62. The molecule has 0 aliphatic carbocycles. The first-order valence-corrected chi connectivity index (χ1v) is 7.02. The van der Waals surface area contributed by atoms with E-state index in [1.165, 1.54) is 19.2 Å². The van der Waals surface area contributed by atoms with Crippen molar-refractivity contribution in [1.82, 2.24) is 14.2 Å². The van der Waals surface area contributed by atoms with E-state index in [0.29, 0.717) is 3.97 Å². The van der Waals surface area contributed by atoms with Crippen LogP contribution in [0.5, 0.6) is 5.75 Å². The zero-order valence-electron chi connectivity index (χ0n) is 9.54. The van der Waals surface area contributed by atoms with Gasteiger partial charge in [-0.05, 0) is 12.1 Å². The van der Waals surface area contributed by atoms with Gasteiger partial charge < -0.3 is 10.5 Å². The van der Waals surface area contributed by atoms with Crippen molar-refractivity contribution < 1.29 is 13.2 Å². The van der Waals surface area contributed by atoms with Gasteiger partial charge in [-0.25, -0.2) is 8.42 Å². The highest BCUT2D eigenvalue weighted by molar-refractivity contribution is 7.90. The first kappa shape index (κ1) is 13.9. The van der Waals surface area contributed by atoms with Crippen LogP contribution in [0.3, 0.4) is 0 Å². The lowest BCUT2D eigenvalue weighted by atomic mass is 10.3. The van der Waals surface area contributed by atoms with Crippen LogP contribution >= 0.6 is 23.2 Å². The molecular formula is C9H8Cl2N4O3S. The minimum absolute atomic E-state index is 0.00288. The Hall–Kier alpha value is -1.51. The first-order valence-electron chi connectivity index (χ1n) is 4.82. The van der Waals surface area contributed by atoms with Gasteiger partial charge in [-0.2, -0.15) is 3.97 Å². The van der Waals surface area contributed by atoms with Crippen LogP contribution in [0.25, 0.3) is 0 Å². The van der Waals surface area contributed by atoms with Crippen LogP contribution in [-0.2, 0) is 10.0 Å². The van der Waals surface area contributed by atoms with Gasteiger partial charge in [0, 0.05) is 0 Å². The molecule has 0 saturated heterocycles. The molecule has 1 aromatic heterocycles. The minimum atomic E-state index is -4.01. The molecule has 0 aliphatic heterocycles. The maximum absolute atomic E-state index is 12.3. The second-order valence-electron chi connectivity index (χ2n) is 3.38. The van der Waals surface area contributed by atoms with Crippen LogP contribution in [0.4, 0.5) is 5.95 Å². The molecule has 7 nitrogen and oxygen atoms in total. The third-order valence-electron chi connectivity index (χ3n) is 2.31. The number of hydrogen-bond acceptors (Lipinski definition) is 6. The maximum Gasteiger partial charge on any atom is 0.273 e. The molecule has 0 amide bonds. The Labute approximate surface area is 119 Å².